The molecule has 0 saturated carbocycles. The molecule has 0 bridgehead atoms. The van der Waals surface area contributed by atoms with Gasteiger partial charge in [0, 0.05) is 31.9 Å². The molecule has 2 heterocycles. The second kappa shape index (κ2) is 6.50. The van der Waals surface area contributed by atoms with Crippen LogP contribution in [0.15, 0.2) is 36.5 Å². The minimum absolute atomic E-state index is 0.213. The molecule has 1 aliphatic rings. The Hall–Kier alpha value is -1.85. The first-order valence-electron chi connectivity index (χ1n) is 7.78. The summed E-state index contributed by atoms with van der Waals surface area (Å²) in [5.74, 6) is 0.859. The largest absolute Gasteiger partial charge is 0.497 e. The van der Waals surface area contributed by atoms with Crippen LogP contribution >= 0.6 is 0 Å². The first-order valence-corrected chi connectivity index (χ1v) is 7.78. The van der Waals surface area contributed by atoms with Crippen LogP contribution in [-0.2, 0) is 13.1 Å². The summed E-state index contributed by atoms with van der Waals surface area (Å²) >= 11 is 0. The van der Waals surface area contributed by atoms with E-state index < -0.39 is 0 Å². The van der Waals surface area contributed by atoms with E-state index in [9.17, 15) is 5.11 Å². The van der Waals surface area contributed by atoms with Crippen molar-refractivity contribution in [2.45, 2.75) is 38.6 Å². The van der Waals surface area contributed by atoms with Gasteiger partial charge in [-0.15, -0.1) is 0 Å². The van der Waals surface area contributed by atoms with Gasteiger partial charge < -0.3 is 9.84 Å². The number of benzene rings is 1. The van der Waals surface area contributed by atoms with Gasteiger partial charge in [0.1, 0.15) is 5.75 Å². The Bertz CT molecular complexity index is 626. The Labute approximate surface area is 131 Å². The molecular formula is C17H23N3O2. The molecule has 1 aliphatic heterocycles. The van der Waals surface area contributed by atoms with Gasteiger partial charge in [0.05, 0.1) is 18.9 Å². The average molecular weight is 301 g/mol. The zero-order valence-corrected chi connectivity index (χ0v) is 13.1. The van der Waals surface area contributed by atoms with Gasteiger partial charge in [-0.2, -0.15) is 5.10 Å². The number of aliphatic hydroxyl groups excluding tert-OH is 1. The number of likely N-dealkylation sites (tertiary alicyclic amines) is 1. The number of methoxy groups -OCH3 is 1. The lowest BCUT2D eigenvalue weighted by atomic mass is 10.0. The molecule has 5 nitrogen and oxygen atoms in total. The Balaban J connectivity index is 1.82. The van der Waals surface area contributed by atoms with E-state index in [1.54, 1.807) is 7.11 Å². The second-order valence-corrected chi connectivity index (χ2v) is 5.75. The Morgan fingerprint density at radius 3 is 3.00 bits per heavy atom. The summed E-state index contributed by atoms with van der Waals surface area (Å²) in [6.07, 6.45) is 2.31. The molecule has 1 aromatic heterocycles. The third-order valence-corrected chi connectivity index (χ3v) is 4.33. The standard InChI is InChI=1S/C17H23N3O2/c1-3-20-14(7-8-18-20)11-19-12-15(21)10-17(19)13-5-4-6-16(9-13)22-2/h4-9,15,17,21H,3,10-12H2,1-2H3. The van der Waals surface area contributed by atoms with Gasteiger partial charge in [-0.05, 0) is 37.1 Å². The number of ether oxygens (including phenoxy) is 1. The van der Waals surface area contributed by atoms with Crippen molar-refractivity contribution in [3.05, 3.63) is 47.8 Å². The van der Waals surface area contributed by atoms with E-state index in [4.69, 9.17) is 4.74 Å². The molecule has 1 aromatic carbocycles. The van der Waals surface area contributed by atoms with Gasteiger partial charge in [-0.3, -0.25) is 9.58 Å². The van der Waals surface area contributed by atoms with Crippen LogP contribution in [0.25, 0.3) is 0 Å². The SMILES string of the molecule is CCn1nccc1CN1CC(O)CC1c1cccc(OC)c1. The number of rotatable bonds is 5. The predicted molar refractivity (Wildman–Crippen MR) is 84.7 cm³/mol. The molecule has 3 rings (SSSR count). The molecule has 5 heteroatoms. The molecule has 2 atom stereocenters. The van der Waals surface area contributed by atoms with Gasteiger partial charge >= 0.3 is 0 Å². The third kappa shape index (κ3) is 3.00. The predicted octanol–water partition coefficient (Wildman–Crippen LogP) is 2.22. The average Bonchev–Trinajstić information content (AvgIpc) is 3.14. The molecule has 0 radical (unpaired) electrons. The van der Waals surface area contributed by atoms with Crippen LogP contribution in [0.2, 0.25) is 0 Å². The van der Waals surface area contributed by atoms with Crippen LogP contribution in [0.4, 0.5) is 0 Å². The Morgan fingerprint density at radius 2 is 2.23 bits per heavy atom. The first kappa shape index (κ1) is 15.1. The maximum atomic E-state index is 10.1. The lowest BCUT2D eigenvalue weighted by Crippen LogP contribution is -2.25. The van der Waals surface area contributed by atoms with E-state index in [0.29, 0.717) is 6.54 Å². The summed E-state index contributed by atoms with van der Waals surface area (Å²) in [7, 11) is 1.68. The topological polar surface area (TPSA) is 50.5 Å². The van der Waals surface area contributed by atoms with Gasteiger partial charge in [0.15, 0.2) is 0 Å². The number of β-amino-alcohol motifs (C(OH)–C–C–N with tert-alkyl or cyclic N) is 1. The van der Waals surface area contributed by atoms with Crippen molar-refractivity contribution in [1.82, 2.24) is 14.7 Å². The molecule has 0 amide bonds. The molecule has 1 fully saturated rings. The quantitative estimate of drug-likeness (QED) is 0.920. The summed E-state index contributed by atoms with van der Waals surface area (Å²) in [6.45, 7) is 4.45. The first-order chi connectivity index (χ1) is 10.7. The molecule has 1 saturated heterocycles. The molecule has 2 aromatic rings. The zero-order chi connectivity index (χ0) is 15.5. The molecule has 1 N–H and O–H groups in total. The number of nitrogens with zero attached hydrogens (tertiary/aromatic N) is 3. The lowest BCUT2D eigenvalue weighted by molar-refractivity contribution is 0.171. The lowest BCUT2D eigenvalue weighted by Gasteiger charge is -2.25. The molecule has 22 heavy (non-hydrogen) atoms. The van der Waals surface area contributed by atoms with E-state index in [0.717, 1.165) is 25.3 Å². The molecule has 2 unspecified atom stereocenters. The van der Waals surface area contributed by atoms with Crippen LogP contribution in [-0.4, -0.2) is 39.5 Å². The van der Waals surface area contributed by atoms with E-state index in [-0.39, 0.29) is 12.1 Å². The van der Waals surface area contributed by atoms with Crippen molar-refractivity contribution in [2.24, 2.45) is 0 Å². The highest BCUT2D eigenvalue weighted by Crippen LogP contribution is 2.34. The monoisotopic (exact) mass is 301 g/mol. The van der Waals surface area contributed by atoms with Crippen molar-refractivity contribution in [1.29, 1.82) is 0 Å². The maximum absolute atomic E-state index is 10.1. The van der Waals surface area contributed by atoms with E-state index >= 15 is 0 Å². The molecule has 0 aliphatic carbocycles. The van der Waals surface area contributed by atoms with Crippen LogP contribution in [0.5, 0.6) is 5.75 Å². The number of hydrogen-bond acceptors (Lipinski definition) is 4. The van der Waals surface area contributed by atoms with Gasteiger partial charge in [-0.25, -0.2) is 0 Å². The zero-order valence-electron chi connectivity index (χ0n) is 13.1. The molecular weight excluding hydrogens is 278 g/mol. The fraction of sp³-hybridized carbons (Fsp3) is 0.471. The van der Waals surface area contributed by atoms with E-state index in [1.165, 1.54) is 11.3 Å². The fourth-order valence-electron chi connectivity index (χ4n) is 3.24. The van der Waals surface area contributed by atoms with Crippen LogP contribution in [0.1, 0.15) is 30.6 Å². The minimum atomic E-state index is -0.283. The Morgan fingerprint density at radius 1 is 1.36 bits per heavy atom. The smallest absolute Gasteiger partial charge is 0.119 e. The highest BCUT2D eigenvalue weighted by Gasteiger charge is 2.32. The number of aryl methyl sites for hydroxylation is 1. The summed E-state index contributed by atoms with van der Waals surface area (Å²) in [5.41, 5.74) is 2.38. The molecule has 118 valence electrons. The highest BCUT2D eigenvalue weighted by atomic mass is 16.5. The van der Waals surface area contributed by atoms with Crippen molar-refractivity contribution in [3.63, 3.8) is 0 Å². The fourth-order valence-corrected chi connectivity index (χ4v) is 3.24. The van der Waals surface area contributed by atoms with Crippen molar-refractivity contribution in [2.75, 3.05) is 13.7 Å². The van der Waals surface area contributed by atoms with Crippen LogP contribution in [0.3, 0.4) is 0 Å². The minimum Gasteiger partial charge on any atom is -0.497 e. The summed E-state index contributed by atoms with van der Waals surface area (Å²) in [5, 5.41) is 14.4. The van der Waals surface area contributed by atoms with Gasteiger partial charge in [0.2, 0.25) is 0 Å². The van der Waals surface area contributed by atoms with Crippen LogP contribution < -0.4 is 4.74 Å². The number of aromatic nitrogens is 2. The van der Waals surface area contributed by atoms with Crippen LogP contribution in [0, 0.1) is 0 Å². The van der Waals surface area contributed by atoms with E-state index in [1.807, 2.05) is 23.0 Å². The summed E-state index contributed by atoms with van der Waals surface area (Å²) in [4.78, 5) is 2.32. The van der Waals surface area contributed by atoms with E-state index in [2.05, 4.69) is 35.1 Å². The third-order valence-electron chi connectivity index (χ3n) is 4.33. The number of aliphatic hydroxyl groups is 1. The van der Waals surface area contributed by atoms with Crippen molar-refractivity contribution in [3.8, 4) is 5.75 Å². The highest BCUT2D eigenvalue weighted by molar-refractivity contribution is 5.31. The van der Waals surface area contributed by atoms with Gasteiger partial charge in [0.25, 0.3) is 0 Å². The van der Waals surface area contributed by atoms with Crippen molar-refractivity contribution < 1.29 is 9.84 Å². The van der Waals surface area contributed by atoms with Crippen molar-refractivity contribution >= 4 is 0 Å². The normalized spacial score (nSPS) is 22.1. The second-order valence-electron chi connectivity index (χ2n) is 5.75. The maximum Gasteiger partial charge on any atom is 0.119 e. The summed E-state index contributed by atoms with van der Waals surface area (Å²) in [6, 6.07) is 10.4. The molecule has 0 spiro atoms. The summed E-state index contributed by atoms with van der Waals surface area (Å²) < 4.78 is 7.33. The number of hydrogen-bond donors (Lipinski definition) is 1. The van der Waals surface area contributed by atoms with Gasteiger partial charge in [-0.1, -0.05) is 12.1 Å². The Kier molecular flexibility index (Phi) is 4.45.